The second kappa shape index (κ2) is 7.38. The van der Waals surface area contributed by atoms with Crippen molar-refractivity contribution in [1.82, 2.24) is 4.90 Å². The van der Waals surface area contributed by atoms with Crippen molar-refractivity contribution in [3.63, 3.8) is 0 Å². The van der Waals surface area contributed by atoms with Crippen molar-refractivity contribution in [2.45, 2.75) is 25.8 Å². The smallest absolute Gasteiger partial charge is 0.326 e. The Bertz CT molecular complexity index is 787. The number of likely N-dealkylation sites (tertiary alicyclic amines) is 1. The van der Waals surface area contributed by atoms with Gasteiger partial charge >= 0.3 is 5.97 Å². The summed E-state index contributed by atoms with van der Waals surface area (Å²) in [6, 6.07) is 14.2. The van der Waals surface area contributed by atoms with Gasteiger partial charge in [-0.05, 0) is 43.5 Å². The number of rotatable bonds is 5. The van der Waals surface area contributed by atoms with Gasteiger partial charge in [-0.2, -0.15) is 0 Å². The Morgan fingerprint density at radius 2 is 2.00 bits per heavy atom. The lowest BCUT2D eigenvalue weighted by atomic mass is 10.0. The second-order valence-electron chi connectivity index (χ2n) is 6.00. The van der Waals surface area contributed by atoms with E-state index in [4.69, 9.17) is 4.74 Å². The quantitative estimate of drug-likeness (QED) is 0.906. The Morgan fingerprint density at radius 1 is 1.20 bits per heavy atom. The first-order chi connectivity index (χ1) is 12.1. The fourth-order valence-electron chi connectivity index (χ4n) is 3.24. The van der Waals surface area contributed by atoms with Crippen molar-refractivity contribution in [2.75, 3.05) is 13.2 Å². The van der Waals surface area contributed by atoms with Gasteiger partial charge in [0.25, 0.3) is 5.91 Å². The minimum absolute atomic E-state index is 0.236. The zero-order valence-corrected chi connectivity index (χ0v) is 14.1. The van der Waals surface area contributed by atoms with Crippen molar-refractivity contribution < 1.29 is 19.4 Å². The van der Waals surface area contributed by atoms with Crippen molar-refractivity contribution >= 4 is 11.9 Å². The number of para-hydroxylation sites is 1. The van der Waals surface area contributed by atoms with Gasteiger partial charge in [0, 0.05) is 17.7 Å². The third-order valence-corrected chi connectivity index (χ3v) is 4.41. The maximum absolute atomic E-state index is 12.8. The van der Waals surface area contributed by atoms with Crippen LogP contribution >= 0.6 is 0 Å². The molecule has 2 aromatic rings. The van der Waals surface area contributed by atoms with Gasteiger partial charge in [0.15, 0.2) is 0 Å². The first-order valence-corrected chi connectivity index (χ1v) is 8.48. The van der Waals surface area contributed by atoms with Crippen LogP contribution in [0.25, 0.3) is 11.1 Å². The monoisotopic (exact) mass is 339 g/mol. The van der Waals surface area contributed by atoms with Gasteiger partial charge in [-0.15, -0.1) is 0 Å². The molecule has 1 unspecified atom stereocenters. The zero-order valence-electron chi connectivity index (χ0n) is 14.1. The number of carbonyl (C=O) groups excluding carboxylic acids is 1. The largest absolute Gasteiger partial charge is 0.493 e. The molecule has 130 valence electrons. The molecule has 2 aromatic carbocycles. The first-order valence-electron chi connectivity index (χ1n) is 8.48. The van der Waals surface area contributed by atoms with Crippen molar-refractivity contribution in [3.8, 4) is 16.9 Å². The highest BCUT2D eigenvalue weighted by Gasteiger charge is 2.34. The van der Waals surface area contributed by atoms with Gasteiger partial charge in [0.1, 0.15) is 11.8 Å². The molecule has 25 heavy (non-hydrogen) atoms. The molecular weight excluding hydrogens is 318 g/mol. The van der Waals surface area contributed by atoms with E-state index < -0.39 is 12.0 Å². The number of carbonyl (C=O) groups is 2. The lowest BCUT2D eigenvalue weighted by molar-refractivity contribution is -0.141. The standard InChI is InChI=1S/C20H21NO4/c1-2-25-18-11-4-3-9-16(18)14-7-5-8-15(13-14)19(22)21-12-6-10-17(21)20(23)24/h3-5,7-9,11,13,17H,2,6,10,12H2,1H3,(H,23,24). The fourth-order valence-corrected chi connectivity index (χ4v) is 3.24. The van der Waals surface area contributed by atoms with E-state index in [9.17, 15) is 14.7 Å². The molecule has 0 spiro atoms. The Morgan fingerprint density at radius 3 is 2.76 bits per heavy atom. The van der Waals surface area contributed by atoms with Crippen LogP contribution < -0.4 is 4.74 Å². The number of nitrogens with zero attached hydrogens (tertiary/aromatic N) is 1. The zero-order chi connectivity index (χ0) is 17.8. The molecule has 5 nitrogen and oxygen atoms in total. The Labute approximate surface area is 146 Å². The molecule has 1 aliphatic rings. The van der Waals surface area contributed by atoms with Crippen LogP contribution in [0.4, 0.5) is 0 Å². The van der Waals surface area contributed by atoms with Crippen LogP contribution in [0.3, 0.4) is 0 Å². The molecule has 1 heterocycles. The minimum Gasteiger partial charge on any atom is -0.493 e. The third-order valence-electron chi connectivity index (χ3n) is 4.41. The van der Waals surface area contributed by atoms with Gasteiger partial charge in [0.05, 0.1) is 6.61 Å². The summed E-state index contributed by atoms with van der Waals surface area (Å²) in [7, 11) is 0. The number of hydrogen-bond acceptors (Lipinski definition) is 3. The van der Waals surface area contributed by atoms with E-state index in [1.165, 1.54) is 4.90 Å². The predicted octanol–water partition coefficient (Wildman–Crippen LogP) is 3.44. The van der Waals surface area contributed by atoms with Gasteiger partial charge in [0.2, 0.25) is 0 Å². The lowest BCUT2D eigenvalue weighted by Gasteiger charge is -2.21. The number of amides is 1. The second-order valence-corrected chi connectivity index (χ2v) is 6.00. The first kappa shape index (κ1) is 17.0. The van der Waals surface area contributed by atoms with Crippen LogP contribution in [-0.4, -0.2) is 41.1 Å². The number of aliphatic carboxylic acids is 1. The SMILES string of the molecule is CCOc1ccccc1-c1cccc(C(=O)N2CCCC2C(=O)O)c1. The summed E-state index contributed by atoms with van der Waals surface area (Å²) in [5.74, 6) is -0.413. The van der Waals surface area contributed by atoms with E-state index in [0.717, 1.165) is 23.3 Å². The highest BCUT2D eigenvalue weighted by atomic mass is 16.5. The van der Waals surface area contributed by atoms with E-state index in [0.29, 0.717) is 25.1 Å². The lowest BCUT2D eigenvalue weighted by Crippen LogP contribution is -2.40. The van der Waals surface area contributed by atoms with Crippen LogP contribution in [0.5, 0.6) is 5.75 Å². The highest BCUT2D eigenvalue weighted by molar-refractivity contribution is 5.98. The maximum atomic E-state index is 12.8. The molecule has 0 radical (unpaired) electrons. The molecule has 1 atom stereocenters. The summed E-state index contributed by atoms with van der Waals surface area (Å²) >= 11 is 0. The molecule has 1 aliphatic heterocycles. The van der Waals surface area contributed by atoms with Crippen LogP contribution in [0, 0.1) is 0 Å². The van der Waals surface area contributed by atoms with Crippen LogP contribution in [-0.2, 0) is 4.79 Å². The summed E-state index contributed by atoms with van der Waals surface area (Å²) in [5.41, 5.74) is 2.29. The number of hydrogen-bond donors (Lipinski definition) is 1. The van der Waals surface area contributed by atoms with Crippen molar-refractivity contribution in [1.29, 1.82) is 0 Å². The van der Waals surface area contributed by atoms with E-state index >= 15 is 0 Å². The number of carboxylic acids is 1. The van der Waals surface area contributed by atoms with Crippen molar-refractivity contribution in [2.24, 2.45) is 0 Å². The van der Waals surface area contributed by atoms with Crippen LogP contribution in [0.1, 0.15) is 30.1 Å². The normalized spacial score (nSPS) is 16.7. The van der Waals surface area contributed by atoms with Crippen molar-refractivity contribution in [3.05, 3.63) is 54.1 Å². The predicted molar refractivity (Wildman–Crippen MR) is 94.7 cm³/mol. The van der Waals surface area contributed by atoms with Crippen LogP contribution in [0.2, 0.25) is 0 Å². The summed E-state index contributed by atoms with van der Waals surface area (Å²) in [4.78, 5) is 25.6. The summed E-state index contributed by atoms with van der Waals surface area (Å²) in [5, 5.41) is 9.30. The summed E-state index contributed by atoms with van der Waals surface area (Å²) in [6.07, 6.45) is 1.23. The van der Waals surface area contributed by atoms with E-state index in [2.05, 4.69) is 0 Å². The molecule has 1 fully saturated rings. The number of ether oxygens (including phenoxy) is 1. The Balaban J connectivity index is 1.92. The van der Waals surface area contributed by atoms with E-state index in [1.54, 1.807) is 12.1 Å². The topological polar surface area (TPSA) is 66.8 Å². The molecule has 0 aromatic heterocycles. The molecule has 0 saturated carbocycles. The van der Waals surface area contributed by atoms with Gasteiger partial charge in [-0.1, -0.05) is 30.3 Å². The minimum atomic E-state index is -0.941. The van der Waals surface area contributed by atoms with Crippen LogP contribution in [0.15, 0.2) is 48.5 Å². The summed E-state index contributed by atoms with van der Waals surface area (Å²) in [6.45, 7) is 2.97. The molecule has 1 amide bonds. The van der Waals surface area contributed by atoms with E-state index in [-0.39, 0.29) is 5.91 Å². The summed E-state index contributed by atoms with van der Waals surface area (Å²) < 4.78 is 5.67. The van der Waals surface area contributed by atoms with Gasteiger partial charge in [-0.25, -0.2) is 4.79 Å². The molecule has 3 rings (SSSR count). The van der Waals surface area contributed by atoms with Gasteiger partial charge in [-0.3, -0.25) is 4.79 Å². The van der Waals surface area contributed by atoms with E-state index in [1.807, 2.05) is 43.3 Å². The van der Waals surface area contributed by atoms with Gasteiger partial charge < -0.3 is 14.7 Å². The Hall–Kier alpha value is -2.82. The average Bonchev–Trinajstić information content (AvgIpc) is 3.12. The Kier molecular flexibility index (Phi) is 5.03. The highest BCUT2D eigenvalue weighted by Crippen LogP contribution is 2.31. The fraction of sp³-hybridized carbons (Fsp3) is 0.300. The molecule has 0 aliphatic carbocycles. The third kappa shape index (κ3) is 3.50. The number of benzene rings is 2. The average molecular weight is 339 g/mol. The molecular formula is C20H21NO4. The molecule has 5 heteroatoms. The molecule has 1 N–H and O–H groups in total. The maximum Gasteiger partial charge on any atom is 0.326 e. The molecule has 1 saturated heterocycles. The number of carboxylic acid groups (broad SMARTS) is 1. The molecule has 0 bridgehead atoms.